The maximum absolute atomic E-state index is 15.2. The van der Waals surface area contributed by atoms with Crippen molar-refractivity contribution in [1.29, 1.82) is 0 Å². The van der Waals surface area contributed by atoms with Crippen molar-refractivity contribution in [2.24, 2.45) is 5.73 Å². The third-order valence-electron chi connectivity index (χ3n) is 7.13. The fraction of sp³-hybridized carbons (Fsp3) is 0.241. The Morgan fingerprint density at radius 1 is 0.975 bits per heavy atom. The van der Waals surface area contributed by atoms with Gasteiger partial charge in [-0.25, -0.2) is 18.3 Å². The Morgan fingerprint density at radius 2 is 1.68 bits per heavy atom. The monoisotopic (exact) mass is 555 g/mol. The number of urea groups is 1. The van der Waals surface area contributed by atoms with E-state index in [4.69, 9.17) is 10.8 Å². The summed E-state index contributed by atoms with van der Waals surface area (Å²) in [5, 5.41) is 7.17. The predicted molar refractivity (Wildman–Crippen MR) is 143 cm³/mol. The van der Waals surface area contributed by atoms with Gasteiger partial charge in [-0.15, -0.1) is 0 Å². The van der Waals surface area contributed by atoms with Crippen LogP contribution < -0.4 is 16.0 Å². The Balaban J connectivity index is 1.68. The van der Waals surface area contributed by atoms with Crippen LogP contribution in [-0.4, -0.2) is 22.4 Å². The van der Waals surface area contributed by atoms with Crippen molar-refractivity contribution in [3.63, 3.8) is 0 Å². The number of fused-ring (bicyclic) bond motifs is 1. The SMILES string of the molecule is Cc1cc(NC(N)=O)c(F)cc1-c1c2c(nn1-c1c(C)cccc1C)CCN(c1ccc(C(F)(F)F)cc1F)C2. The zero-order valence-corrected chi connectivity index (χ0v) is 22.0. The lowest BCUT2D eigenvalue weighted by Crippen LogP contribution is -2.31. The van der Waals surface area contributed by atoms with E-state index < -0.39 is 29.4 Å². The van der Waals surface area contributed by atoms with Gasteiger partial charge >= 0.3 is 12.2 Å². The van der Waals surface area contributed by atoms with E-state index in [9.17, 15) is 22.4 Å². The molecular formula is C29H26F5N5O. The molecule has 0 saturated carbocycles. The van der Waals surface area contributed by atoms with Crippen LogP contribution in [0.15, 0.2) is 48.5 Å². The molecule has 2 amide bonds. The number of amides is 2. The van der Waals surface area contributed by atoms with E-state index in [0.717, 1.165) is 34.6 Å². The number of nitrogens with one attached hydrogen (secondary N) is 1. The minimum atomic E-state index is -4.66. The molecule has 4 aromatic rings. The molecule has 0 radical (unpaired) electrons. The van der Waals surface area contributed by atoms with Gasteiger partial charge in [0.1, 0.15) is 11.6 Å². The van der Waals surface area contributed by atoms with Gasteiger partial charge in [-0.1, -0.05) is 18.2 Å². The lowest BCUT2D eigenvalue weighted by atomic mass is 9.96. The second-order valence-electron chi connectivity index (χ2n) is 9.90. The maximum atomic E-state index is 15.2. The number of rotatable bonds is 4. The number of halogens is 5. The largest absolute Gasteiger partial charge is 0.416 e. The molecule has 0 atom stereocenters. The molecule has 0 fully saturated rings. The minimum absolute atomic E-state index is 0.0355. The van der Waals surface area contributed by atoms with Crippen LogP contribution in [0.3, 0.4) is 0 Å². The summed E-state index contributed by atoms with van der Waals surface area (Å²) in [5.41, 5.74) is 9.86. The summed E-state index contributed by atoms with van der Waals surface area (Å²) < 4.78 is 71.3. The Hall–Kier alpha value is -4.41. The van der Waals surface area contributed by atoms with Crippen LogP contribution in [0.1, 0.15) is 33.5 Å². The van der Waals surface area contributed by atoms with Gasteiger partial charge in [0.2, 0.25) is 0 Å². The molecular weight excluding hydrogens is 529 g/mol. The Morgan fingerprint density at radius 3 is 2.30 bits per heavy atom. The first kappa shape index (κ1) is 27.2. The number of aromatic nitrogens is 2. The average molecular weight is 556 g/mol. The smallest absolute Gasteiger partial charge is 0.364 e. The Labute approximate surface area is 227 Å². The lowest BCUT2D eigenvalue weighted by molar-refractivity contribution is -0.137. The number of primary amides is 1. The molecule has 5 rings (SSSR count). The average Bonchev–Trinajstić information content (AvgIpc) is 3.23. The van der Waals surface area contributed by atoms with Gasteiger partial charge in [-0.3, -0.25) is 0 Å². The van der Waals surface area contributed by atoms with E-state index in [1.54, 1.807) is 16.5 Å². The number of hydrogen-bond donors (Lipinski definition) is 2. The van der Waals surface area contributed by atoms with E-state index in [1.165, 1.54) is 12.1 Å². The molecule has 40 heavy (non-hydrogen) atoms. The van der Waals surface area contributed by atoms with Crippen LogP contribution in [-0.2, 0) is 19.1 Å². The molecule has 3 N–H and O–H groups in total. The fourth-order valence-corrected chi connectivity index (χ4v) is 5.26. The van der Waals surface area contributed by atoms with Crippen LogP contribution >= 0.6 is 0 Å². The van der Waals surface area contributed by atoms with Crippen molar-refractivity contribution < 1.29 is 26.7 Å². The molecule has 0 unspecified atom stereocenters. The number of carbonyl (C=O) groups is 1. The molecule has 0 aliphatic carbocycles. The molecule has 0 bridgehead atoms. The highest BCUT2D eigenvalue weighted by Crippen LogP contribution is 2.39. The van der Waals surface area contributed by atoms with Gasteiger partial charge in [0.05, 0.1) is 34.0 Å². The van der Waals surface area contributed by atoms with E-state index in [-0.39, 0.29) is 17.9 Å². The van der Waals surface area contributed by atoms with Gasteiger partial charge in [0.15, 0.2) is 0 Å². The first-order chi connectivity index (χ1) is 18.8. The molecule has 1 aliphatic rings. The lowest BCUT2D eigenvalue weighted by Gasteiger charge is -2.30. The summed E-state index contributed by atoms with van der Waals surface area (Å²) >= 11 is 0. The Kier molecular flexibility index (Phi) is 6.77. The quantitative estimate of drug-likeness (QED) is 0.272. The van der Waals surface area contributed by atoms with Gasteiger partial charge in [0.25, 0.3) is 0 Å². The molecule has 1 aliphatic heterocycles. The number of benzene rings is 3. The van der Waals surface area contributed by atoms with Crippen molar-refractivity contribution in [3.8, 4) is 16.9 Å². The van der Waals surface area contributed by atoms with Crippen LogP contribution in [0.2, 0.25) is 0 Å². The van der Waals surface area contributed by atoms with Crippen LogP contribution in [0.5, 0.6) is 0 Å². The summed E-state index contributed by atoms with van der Waals surface area (Å²) in [6.45, 7) is 6.09. The van der Waals surface area contributed by atoms with E-state index in [2.05, 4.69) is 5.32 Å². The predicted octanol–water partition coefficient (Wildman–Crippen LogP) is 6.81. The van der Waals surface area contributed by atoms with Crippen molar-refractivity contribution in [3.05, 3.63) is 93.7 Å². The molecule has 2 heterocycles. The normalized spacial score (nSPS) is 13.3. The van der Waals surface area contributed by atoms with Gasteiger partial charge in [-0.05, 0) is 67.8 Å². The third kappa shape index (κ3) is 4.87. The number of aryl methyl sites for hydroxylation is 3. The van der Waals surface area contributed by atoms with Crippen molar-refractivity contribution in [1.82, 2.24) is 9.78 Å². The highest BCUT2D eigenvalue weighted by atomic mass is 19.4. The van der Waals surface area contributed by atoms with Gasteiger partial charge in [-0.2, -0.15) is 18.3 Å². The highest BCUT2D eigenvalue weighted by Gasteiger charge is 2.33. The zero-order chi connectivity index (χ0) is 28.9. The van der Waals surface area contributed by atoms with Crippen LogP contribution in [0.4, 0.5) is 38.1 Å². The number of nitrogens with two attached hydrogens (primary N) is 1. The minimum Gasteiger partial charge on any atom is -0.364 e. The molecule has 0 saturated heterocycles. The topological polar surface area (TPSA) is 76.2 Å². The number of hydrogen-bond acceptors (Lipinski definition) is 3. The summed E-state index contributed by atoms with van der Waals surface area (Å²) in [5.74, 6) is -1.69. The third-order valence-corrected chi connectivity index (χ3v) is 7.13. The second kappa shape index (κ2) is 9.96. The summed E-state index contributed by atoms with van der Waals surface area (Å²) in [7, 11) is 0. The first-order valence-corrected chi connectivity index (χ1v) is 12.5. The number of alkyl halides is 3. The van der Waals surface area contributed by atoms with Crippen LogP contribution in [0, 0.1) is 32.4 Å². The highest BCUT2D eigenvalue weighted by molar-refractivity contribution is 5.89. The maximum Gasteiger partial charge on any atom is 0.416 e. The number of carbonyl (C=O) groups excluding carboxylic acids is 1. The second-order valence-corrected chi connectivity index (χ2v) is 9.90. The van der Waals surface area contributed by atoms with Gasteiger partial charge < -0.3 is 16.0 Å². The molecule has 3 aromatic carbocycles. The first-order valence-electron chi connectivity index (χ1n) is 12.5. The summed E-state index contributed by atoms with van der Waals surface area (Å²) in [6, 6.07) is 10.1. The van der Waals surface area contributed by atoms with E-state index in [1.807, 2.05) is 32.0 Å². The van der Waals surface area contributed by atoms with Crippen molar-refractivity contribution in [2.75, 3.05) is 16.8 Å². The van der Waals surface area contributed by atoms with Crippen LogP contribution in [0.25, 0.3) is 16.9 Å². The molecule has 11 heteroatoms. The molecule has 208 valence electrons. The molecule has 6 nitrogen and oxygen atoms in total. The van der Waals surface area contributed by atoms with E-state index >= 15 is 4.39 Å². The number of para-hydroxylation sites is 1. The summed E-state index contributed by atoms with van der Waals surface area (Å²) in [6.07, 6.45) is -4.27. The van der Waals surface area contributed by atoms with Gasteiger partial charge in [0, 0.05) is 30.6 Å². The number of anilines is 2. The van der Waals surface area contributed by atoms with Crippen molar-refractivity contribution in [2.45, 2.75) is 39.9 Å². The Bertz CT molecular complexity index is 1620. The molecule has 0 spiro atoms. The molecule has 1 aromatic heterocycles. The number of nitrogens with zero attached hydrogens (tertiary/aromatic N) is 3. The van der Waals surface area contributed by atoms with E-state index in [0.29, 0.717) is 41.4 Å². The fourth-order valence-electron chi connectivity index (χ4n) is 5.26. The zero-order valence-electron chi connectivity index (χ0n) is 22.0. The summed E-state index contributed by atoms with van der Waals surface area (Å²) in [4.78, 5) is 13.0. The standard InChI is InChI=1S/C29H26F5N5O/c1-15-5-4-6-16(2)26(15)39-27(19-13-21(30)24(11-17(19)3)36-28(35)40)20-14-38(10-9-23(20)37-39)25-8-7-18(12-22(25)31)29(32,33)34/h4-8,11-13H,9-10,14H2,1-3H3,(H3,35,36,40). The van der Waals surface area contributed by atoms with Crippen molar-refractivity contribution >= 4 is 17.4 Å².